The Morgan fingerprint density at radius 2 is 1.59 bits per heavy atom. The molecule has 1 saturated carbocycles. The number of aliphatic hydroxyl groups is 2. The van der Waals surface area contributed by atoms with E-state index in [4.69, 9.17) is 0 Å². The van der Waals surface area contributed by atoms with Gasteiger partial charge in [0.1, 0.15) is 11.2 Å². The fraction of sp³-hybridized carbons (Fsp3) is 0.867. The van der Waals surface area contributed by atoms with E-state index in [1.807, 2.05) is 0 Å². The minimum Gasteiger partial charge on any atom is -0.378 e. The lowest BCUT2D eigenvalue weighted by molar-refractivity contribution is 0.0558. The molecule has 0 saturated heterocycles. The van der Waals surface area contributed by atoms with Gasteiger partial charge in [0.15, 0.2) is 0 Å². The standard InChI is InChI=1S/C15H26O2/c1-3-8-14(16,9-4-2)12-13-15(17)10-6-5-7-11-15/h16-17H,3-11H2,1-2H3. The highest BCUT2D eigenvalue weighted by Crippen LogP contribution is 2.28. The van der Waals surface area contributed by atoms with Gasteiger partial charge in [0.05, 0.1) is 0 Å². The monoisotopic (exact) mass is 238 g/mol. The molecule has 2 N–H and O–H groups in total. The first-order valence-electron chi connectivity index (χ1n) is 7.03. The minimum absolute atomic E-state index is 0.698. The predicted molar refractivity (Wildman–Crippen MR) is 70.6 cm³/mol. The van der Waals surface area contributed by atoms with Gasteiger partial charge in [0.2, 0.25) is 0 Å². The smallest absolute Gasteiger partial charge is 0.125 e. The van der Waals surface area contributed by atoms with E-state index >= 15 is 0 Å². The molecule has 17 heavy (non-hydrogen) atoms. The Kier molecular flexibility index (Phi) is 5.49. The van der Waals surface area contributed by atoms with E-state index in [-0.39, 0.29) is 0 Å². The van der Waals surface area contributed by atoms with Gasteiger partial charge >= 0.3 is 0 Å². The molecule has 0 spiro atoms. The van der Waals surface area contributed by atoms with E-state index in [1.165, 1.54) is 6.42 Å². The van der Waals surface area contributed by atoms with Crippen molar-refractivity contribution >= 4 is 0 Å². The van der Waals surface area contributed by atoms with E-state index in [0.29, 0.717) is 12.8 Å². The zero-order valence-corrected chi connectivity index (χ0v) is 11.3. The molecule has 0 unspecified atom stereocenters. The highest BCUT2D eigenvalue weighted by atomic mass is 16.3. The maximum atomic E-state index is 10.4. The van der Waals surface area contributed by atoms with Crippen LogP contribution in [0.25, 0.3) is 0 Å². The lowest BCUT2D eigenvalue weighted by Crippen LogP contribution is -2.32. The zero-order valence-electron chi connectivity index (χ0n) is 11.3. The normalized spacial score (nSPS) is 19.5. The van der Waals surface area contributed by atoms with Crippen molar-refractivity contribution in [1.82, 2.24) is 0 Å². The van der Waals surface area contributed by atoms with Crippen molar-refractivity contribution in [2.45, 2.75) is 82.8 Å². The highest BCUT2D eigenvalue weighted by Gasteiger charge is 2.28. The van der Waals surface area contributed by atoms with E-state index < -0.39 is 11.2 Å². The molecule has 2 nitrogen and oxygen atoms in total. The molecule has 0 amide bonds. The van der Waals surface area contributed by atoms with Crippen LogP contribution < -0.4 is 0 Å². The van der Waals surface area contributed by atoms with E-state index in [2.05, 4.69) is 25.7 Å². The van der Waals surface area contributed by atoms with Crippen molar-refractivity contribution in [2.75, 3.05) is 0 Å². The van der Waals surface area contributed by atoms with Crippen LogP contribution in [0, 0.1) is 11.8 Å². The van der Waals surface area contributed by atoms with Gasteiger partial charge < -0.3 is 10.2 Å². The molecule has 1 aliphatic carbocycles. The summed E-state index contributed by atoms with van der Waals surface area (Å²) in [4.78, 5) is 0. The topological polar surface area (TPSA) is 40.5 Å². The van der Waals surface area contributed by atoms with E-state index in [1.54, 1.807) is 0 Å². The van der Waals surface area contributed by atoms with Gasteiger partial charge in [0, 0.05) is 0 Å². The summed E-state index contributed by atoms with van der Waals surface area (Å²) < 4.78 is 0. The van der Waals surface area contributed by atoms with Gasteiger partial charge in [-0.1, -0.05) is 45.0 Å². The van der Waals surface area contributed by atoms with Crippen LogP contribution in [0.5, 0.6) is 0 Å². The molecule has 0 bridgehead atoms. The largest absolute Gasteiger partial charge is 0.378 e. The molecule has 0 aromatic rings. The third-order valence-corrected chi connectivity index (χ3v) is 3.54. The number of rotatable bonds is 4. The highest BCUT2D eigenvalue weighted by molar-refractivity contribution is 5.21. The third-order valence-electron chi connectivity index (χ3n) is 3.54. The number of hydrogen-bond acceptors (Lipinski definition) is 2. The van der Waals surface area contributed by atoms with Crippen molar-refractivity contribution in [3.8, 4) is 11.8 Å². The third kappa shape index (κ3) is 4.69. The molecule has 0 aromatic heterocycles. The van der Waals surface area contributed by atoms with Crippen LogP contribution in [0.2, 0.25) is 0 Å². The Hall–Kier alpha value is -0.520. The van der Waals surface area contributed by atoms with Crippen LogP contribution in [0.4, 0.5) is 0 Å². The minimum atomic E-state index is -0.892. The summed E-state index contributed by atoms with van der Waals surface area (Å²) >= 11 is 0. The Balaban J connectivity index is 2.71. The molecule has 1 aliphatic rings. The molecule has 0 atom stereocenters. The van der Waals surface area contributed by atoms with Crippen LogP contribution >= 0.6 is 0 Å². The fourth-order valence-electron chi connectivity index (χ4n) is 2.57. The first-order valence-corrected chi connectivity index (χ1v) is 7.03. The van der Waals surface area contributed by atoms with E-state index in [0.717, 1.165) is 38.5 Å². The summed E-state index contributed by atoms with van der Waals surface area (Å²) in [5, 5.41) is 20.7. The van der Waals surface area contributed by atoms with Crippen LogP contribution in [0.1, 0.15) is 71.6 Å². The van der Waals surface area contributed by atoms with Crippen LogP contribution in [-0.2, 0) is 0 Å². The van der Waals surface area contributed by atoms with Crippen molar-refractivity contribution in [3.05, 3.63) is 0 Å². The van der Waals surface area contributed by atoms with Gasteiger partial charge in [-0.2, -0.15) is 0 Å². The average Bonchev–Trinajstić information content (AvgIpc) is 2.29. The quantitative estimate of drug-likeness (QED) is 0.739. The lowest BCUT2D eigenvalue weighted by atomic mass is 9.84. The van der Waals surface area contributed by atoms with Crippen molar-refractivity contribution < 1.29 is 10.2 Å². The Morgan fingerprint density at radius 1 is 1.06 bits per heavy atom. The first kappa shape index (κ1) is 14.5. The predicted octanol–water partition coefficient (Wildman–Crippen LogP) is 3.02. The van der Waals surface area contributed by atoms with Crippen LogP contribution in [0.15, 0.2) is 0 Å². The molecule has 0 aliphatic heterocycles. The molecule has 1 rings (SSSR count). The zero-order chi connectivity index (χ0) is 12.8. The second-order valence-corrected chi connectivity index (χ2v) is 5.37. The molecule has 0 aromatic carbocycles. The Labute approximate surface area is 105 Å². The number of hydrogen-bond donors (Lipinski definition) is 2. The SMILES string of the molecule is CCCC(O)(C#CC1(O)CCCCC1)CCC. The molecule has 98 valence electrons. The first-order chi connectivity index (χ1) is 8.04. The van der Waals surface area contributed by atoms with E-state index in [9.17, 15) is 10.2 Å². The molecular formula is C15H26O2. The molecule has 2 heteroatoms. The molecular weight excluding hydrogens is 212 g/mol. The second kappa shape index (κ2) is 6.42. The summed E-state index contributed by atoms with van der Waals surface area (Å²) in [6.07, 6.45) is 8.04. The summed E-state index contributed by atoms with van der Waals surface area (Å²) in [6, 6.07) is 0. The average molecular weight is 238 g/mol. The van der Waals surface area contributed by atoms with Crippen LogP contribution in [0.3, 0.4) is 0 Å². The van der Waals surface area contributed by atoms with Gasteiger partial charge in [-0.15, -0.1) is 0 Å². The van der Waals surface area contributed by atoms with Gasteiger partial charge in [0.25, 0.3) is 0 Å². The Morgan fingerprint density at radius 3 is 2.06 bits per heavy atom. The maximum Gasteiger partial charge on any atom is 0.125 e. The lowest BCUT2D eigenvalue weighted by Gasteiger charge is -2.28. The summed E-state index contributed by atoms with van der Waals surface area (Å²) in [7, 11) is 0. The van der Waals surface area contributed by atoms with Gasteiger partial charge in [-0.05, 0) is 38.5 Å². The summed E-state index contributed by atoms with van der Waals surface area (Å²) in [6.45, 7) is 4.11. The Bertz CT molecular complexity index is 273. The van der Waals surface area contributed by atoms with Gasteiger partial charge in [-0.3, -0.25) is 0 Å². The second-order valence-electron chi connectivity index (χ2n) is 5.37. The van der Waals surface area contributed by atoms with Crippen LogP contribution in [-0.4, -0.2) is 21.4 Å². The fourth-order valence-corrected chi connectivity index (χ4v) is 2.57. The summed E-state index contributed by atoms with van der Waals surface area (Å²) in [5.74, 6) is 5.93. The van der Waals surface area contributed by atoms with Gasteiger partial charge in [-0.25, -0.2) is 0 Å². The molecule has 1 fully saturated rings. The van der Waals surface area contributed by atoms with Crippen molar-refractivity contribution in [2.24, 2.45) is 0 Å². The molecule has 0 radical (unpaired) electrons. The van der Waals surface area contributed by atoms with Crippen molar-refractivity contribution in [3.63, 3.8) is 0 Å². The summed E-state index contributed by atoms with van der Waals surface area (Å²) in [5.41, 5.74) is -1.73. The molecule has 0 heterocycles. The van der Waals surface area contributed by atoms with Crippen molar-refractivity contribution in [1.29, 1.82) is 0 Å². The maximum absolute atomic E-state index is 10.4.